The van der Waals surface area contributed by atoms with E-state index >= 15 is 0 Å². The number of ether oxygens (including phenoxy) is 2. The molecule has 2 N–H and O–H groups in total. The second-order valence-corrected chi connectivity index (χ2v) is 10.5. The summed E-state index contributed by atoms with van der Waals surface area (Å²) in [5.74, 6) is 0.285. The van der Waals surface area contributed by atoms with Crippen LogP contribution in [0, 0.1) is 0 Å². The number of benzene rings is 1. The van der Waals surface area contributed by atoms with Crippen LogP contribution in [0.25, 0.3) is 0 Å². The number of nitrogens with zero attached hydrogens (tertiary/aromatic N) is 1. The molecular formula is C28H34F6N2O5. The minimum atomic E-state index is -5.70. The number of nitrogens with one attached hydrogen (secondary N) is 1. The summed E-state index contributed by atoms with van der Waals surface area (Å²) in [4.78, 5) is 14.3. The van der Waals surface area contributed by atoms with E-state index in [-0.39, 0.29) is 43.0 Å². The number of amides is 1. The number of furan rings is 1. The standard InChI is InChI=1S/C28H34F6N2O5/c1-4-9-17-15-20-19(16-41-26(20,27(29,30)31)28(32,33)34)18(10-5-2)22(17)40-13-7-6-12-36-23(37)25(3,35-24(36)38)21-11-8-14-39-21/h8,11,14-15,24,35,38H,4-7,9-10,12-13,16H2,1-3H3. The first-order chi connectivity index (χ1) is 19.2. The summed E-state index contributed by atoms with van der Waals surface area (Å²) in [6.07, 6.45) is -8.99. The number of unbranched alkanes of at least 4 members (excludes halogenated alkanes) is 1. The van der Waals surface area contributed by atoms with E-state index in [0.717, 1.165) is 6.07 Å². The van der Waals surface area contributed by atoms with Crippen LogP contribution in [0.5, 0.6) is 5.75 Å². The topological polar surface area (TPSA) is 84.2 Å². The average Bonchev–Trinajstić information content (AvgIpc) is 3.60. The van der Waals surface area contributed by atoms with E-state index in [4.69, 9.17) is 9.15 Å². The molecule has 7 nitrogen and oxygen atoms in total. The van der Waals surface area contributed by atoms with Crippen LogP contribution in [0.2, 0.25) is 0 Å². The molecule has 3 heterocycles. The number of carbonyl (C=O) groups excluding carboxylic acids is 1. The second-order valence-electron chi connectivity index (χ2n) is 10.5. The Hall–Kier alpha value is -2.77. The molecule has 1 saturated heterocycles. The van der Waals surface area contributed by atoms with Gasteiger partial charge in [-0.15, -0.1) is 0 Å². The molecule has 1 aromatic carbocycles. The van der Waals surface area contributed by atoms with Crippen LogP contribution < -0.4 is 10.1 Å². The molecule has 0 bridgehead atoms. The predicted molar refractivity (Wildman–Crippen MR) is 135 cm³/mol. The number of aliphatic hydroxyl groups excluding tert-OH is 1. The van der Waals surface area contributed by atoms with Crippen LogP contribution in [-0.4, -0.2) is 47.8 Å². The highest BCUT2D eigenvalue weighted by molar-refractivity contribution is 5.88. The van der Waals surface area contributed by atoms with Gasteiger partial charge in [-0.2, -0.15) is 26.3 Å². The quantitative estimate of drug-likeness (QED) is 0.253. The molecule has 13 heteroatoms. The number of hydrogen-bond acceptors (Lipinski definition) is 6. The molecule has 0 radical (unpaired) electrons. The lowest BCUT2D eigenvalue weighted by atomic mass is 9.84. The Bertz CT molecular complexity index is 1220. The summed E-state index contributed by atoms with van der Waals surface area (Å²) in [6.45, 7) is 4.63. The number of fused-ring (bicyclic) bond motifs is 1. The Kier molecular flexibility index (Phi) is 8.73. The van der Waals surface area contributed by atoms with Crippen molar-refractivity contribution in [1.82, 2.24) is 10.2 Å². The zero-order valence-electron chi connectivity index (χ0n) is 23.0. The highest BCUT2D eigenvalue weighted by atomic mass is 19.4. The fourth-order valence-corrected chi connectivity index (χ4v) is 5.65. The fraction of sp³-hybridized carbons (Fsp3) is 0.607. The maximum atomic E-state index is 14.0. The summed E-state index contributed by atoms with van der Waals surface area (Å²) >= 11 is 0. The summed E-state index contributed by atoms with van der Waals surface area (Å²) in [5.41, 5.74) is -6.09. The van der Waals surface area contributed by atoms with Crippen molar-refractivity contribution in [2.75, 3.05) is 13.2 Å². The molecule has 4 rings (SSSR count). The first-order valence-corrected chi connectivity index (χ1v) is 13.6. The second kappa shape index (κ2) is 11.5. The van der Waals surface area contributed by atoms with Crippen LogP contribution in [0.4, 0.5) is 26.3 Å². The minimum Gasteiger partial charge on any atom is -0.493 e. The van der Waals surface area contributed by atoms with Crippen molar-refractivity contribution in [2.24, 2.45) is 0 Å². The van der Waals surface area contributed by atoms with Crippen molar-refractivity contribution in [2.45, 2.75) is 95.7 Å². The molecule has 1 amide bonds. The van der Waals surface area contributed by atoms with Crippen molar-refractivity contribution in [3.8, 4) is 5.75 Å². The summed E-state index contributed by atoms with van der Waals surface area (Å²) in [7, 11) is 0. The van der Waals surface area contributed by atoms with Gasteiger partial charge in [0, 0.05) is 17.7 Å². The van der Waals surface area contributed by atoms with Gasteiger partial charge in [-0.05, 0) is 61.9 Å². The molecule has 1 fully saturated rings. The monoisotopic (exact) mass is 592 g/mol. The zero-order valence-corrected chi connectivity index (χ0v) is 23.0. The molecule has 2 aromatic rings. The zero-order chi connectivity index (χ0) is 30.2. The molecule has 2 aliphatic rings. The van der Waals surface area contributed by atoms with E-state index in [1.807, 2.05) is 0 Å². The van der Waals surface area contributed by atoms with E-state index in [1.54, 1.807) is 32.9 Å². The molecule has 1 aromatic heterocycles. The van der Waals surface area contributed by atoms with Crippen molar-refractivity contribution in [1.29, 1.82) is 0 Å². The van der Waals surface area contributed by atoms with Gasteiger partial charge in [-0.3, -0.25) is 10.1 Å². The van der Waals surface area contributed by atoms with Gasteiger partial charge in [0.2, 0.25) is 0 Å². The summed E-state index contributed by atoms with van der Waals surface area (Å²) in [5, 5.41) is 13.2. The number of rotatable bonds is 11. The first kappa shape index (κ1) is 31.2. The molecular weight excluding hydrogens is 558 g/mol. The van der Waals surface area contributed by atoms with E-state index in [0.29, 0.717) is 42.8 Å². The van der Waals surface area contributed by atoms with E-state index < -0.39 is 42.0 Å². The van der Waals surface area contributed by atoms with E-state index in [2.05, 4.69) is 10.1 Å². The molecule has 0 aliphatic carbocycles. The van der Waals surface area contributed by atoms with Gasteiger partial charge in [0.05, 0.1) is 19.5 Å². The van der Waals surface area contributed by atoms with Crippen LogP contribution >= 0.6 is 0 Å². The summed E-state index contributed by atoms with van der Waals surface area (Å²) in [6, 6.07) is 4.21. The SMILES string of the molecule is CCCc1cc2c(c(CCC)c1OCCCCN1C(=O)C(C)(c3ccco3)NC1O)COC2(C(F)(F)F)C(F)(F)F. The number of aryl methyl sites for hydroxylation is 1. The highest BCUT2D eigenvalue weighted by Crippen LogP contribution is 2.58. The smallest absolute Gasteiger partial charge is 0.430 e. The predicted octanol–water partition coefficient (Wildman–Crippen LogP) is 5.82. The maximum Gasteiger partial charge on any atom is 0.430 e. The number of alkyl halides is 6. The van der Waals surface area contributed by atoms with E-state index in [1.165, 1.54) is 11.2 Å². The number of carbonyl (C=O) groups is 1. The Balaban J connectivity index is 1.52. The first-order valence-electron chi connectivity index (χ1n) is 13.6. The Labute approximate surface area is 233 Å². The van der Waals surface area contributed by atoms with Crippen LogP contribution in [0.3, 0.4) is 0 Å². The van der Waals surface area contributed by atoms with Crippen molar-refractivity contribution in [3.05, 3.63) is 52.5 Å². The molecule has 0 saturated carbocycles. The maximum absolute atomic E-state index is 14.0. The van der Waals surface area contributed by atoms with Gasteiger partial charge >= 0.3 is 12.4 Å². The fourth-order valence-electron chi connectivity index (χ4n) is 5.65. The van der Waals surface area contributed by atoms with Gasteiger partial charge in [-0.25, -0.2) is 0 Å². The number of hydrogen-bond donors (Lipinski definition) is 2. The van der Waals surface area contributed by atoms with Gasteiger partial charge < -0.3 is 23.9 Å². The molecule has 2 aliphatic heterocycles. The van der Waals surface area contributed by atoms with Crippen molar-refractivity contribution >= 4 is 5.91 Å². The average molecular weight is 593 g/mol. The molecule has 41 heavy (non-hydrogen) atoms. The van der Waals surface area contributed by atoms with Crippen LogP contribution in [-0.2, 0) is 40.1 Å². The van der Waals surface area contributed by atoms with Crippen LogP contribution in [0.15, 0.2) is 28.9 Å². The lowest BCUT2D eigenvalue weighted by molar-refractivity contribution is -0.385. The lowest BCUT2D eigenvalue weighted by Gasteiger charge is -2.34. The molecule has 228 valence electrons. The van der Waals surface area contributed by atoms with Crippen molar-refractivity contribution in [3.63, 3.8) is 0 Å². The third-order valence-electron chi connectivity index (χ3n) is 7.66. The number of aliphatic hydroxyl groups is 1. The largest absolute Gasteiger partial charge is 0.493 e. The van der Waals surface area contributed by atoms with E-state index in [9.17, 15) is 36.2 Å². The summed E-state index contributed by atoms with van der Waals surface area (Å²) < 4.78 is 99.9. The lowest BCUT2D eigenvalue weighted by Crippen LogP contribution is -2.53. The Morgan fingerprint density at radius 2 is 1.80 bits per heavy atom. The minimum absolute atomic E-state index is 0.109. The van der Waals surface area contributed by atoms with Crippen LogP contribution in [0.1, 0.15) is 74.5 Å². The van der Waals surface area contributed by atoms with Gasteiger partial charge in [0.1, 0.15) is 11.5 Å². The van der Waals surface area contributed by atoms with Gasteiger partial charge in [0.25, 0.3) is 11.5 Å². The number of halogens is 6. The normalized spacial score (nSPS) is 22.4. The Morgan fingerprint density at radius 1 is 1.12 bits per heavy atom. The van der Waals surface area contributed by atoms with Gasteiger partial charge in [0.15, 0.2) is 11.9 Å². The Morgan fingerprint density at radius 3 is 2.39 bits per heavy atom. The highest BCUT2D eigenvalue weighted by Gasteiger charge is 2.76. The van der Waals surface area contributed by atoms with Gasteiger partial charge in [-0.1, -0.05) is 26.7 Å². The third kappa shape index (κ3) is 5.32. The van der Waals surface area contributed by atoms with Crippen molar-refractivity contribution < 1.29 is 50.1 Å². The molecule has 2 unspecified atom stereocenters. The molecule has 2 atom stereocenters. The third-order valence-corrected chi connectivity index (χ3v) is 7.66. The molecule has 0 spiro atoms.